The Morgan fingerprint density at radius 1 is 1.22 bits per heavy atom. The van der Waals surface area contributed by atoms with Crippen LogP contribution in [-0.2, 0) is 16.1 Å². The summed E-state index contributed by atoms with van der Waals surface area (Å²) in [4.78, 5) is 27.1. The minimum absolute atomic E-state index is 0.0747. The maximum absolute atomic E-state index is 12.9. The van der Waals surface area contributed by atoms with Crippen LogP contribution < -0.4 is 4.74 Å². The lowest BCUT2D eigenvalue weighted by Gasteiger charge is -2.34. The molecule has 1 heterocycles. The zero-order chi connectivity index (χ0) is 26.8. The number of hydrogen-bond donors (Lipinski definition) is 1. The first-order valence-corrected chi connectivity index (χ1v) is 11.7. The van der Waals surface area contributed by atoms with E-state index < -0.39 is 23.5 Å². The lowest BCUT2D eigenvalue weighted by molar-refractivity contribution is -0.274. The van der Waals surface area contributed by atoms with Crippen LogP contribution in [0.5, 0.6) is 5.75 Å². The molecule has 192 valence electrons. The molecule has 0 fully saturated rings. The normalized spacial score (nSPS) is 22.0. The molecule has 0 bridgehead atoms. The third kappa shape index (κ3) is 6.17. The maximum atomic E-state index is 12.9. The highest BCUT2D eigenvalue weighted by molar-refractivity contribution is 6.49. The molecule has 1 aromatic carbocycles. The first-order valence-electron chi connectivity index (χ1n) is 11.4. The number of ketones is 2. The topological polar surface area (TPSA) is 66.8 Å². The van der Waals surface area contributed by atoms with E-state index >= 15 is 0 Å². The summed E-state index contributed by atoms with van der Waals surface area (Å²) in [6.45, 7) is 7.42. The van der Waals surface area contributed by atoms with Gasteiger partial charge in [0, 0.05) is 29.6 Å². The number of aliphatic hydroxyl groups is 1. The van der Waals surface area contributed by atoms with Crippen LogP contribution in [0.4, 0.5) is 13.2 Å². The zero-order valence-corrected chi connectivity index (χ0v) is 21.1. The first kappa shape index (κ1) is 27.5. The van der Waals surface area contributed by atoms with Crippen LogP contribution in [0.2, 0.25) is 0 Å². The van der Waals surface area contributed by atoms with Crippen LogP contribution in [-0.4, -0.2) is 33.5 Å². The number of carbonyl (C=O) groups is 2. The van der Waals surface area contributed by atoms with E-state index in [2.05, 4.69) is 24.7 Å². The van der Waals surface area contributed by atoms with Crippen LogP contribution in [0.25, 0.3) is 0 Å². The highest BCUT2D eigenvalue weighted by Crippen LogP contribution is 2.38. The van der Waals surface area contributed by atoms with Gasteiger partial charge in [0.1, 0.15) is 5.75 Å². The van der Waals surface area contributed by atoms with Crippen molar-refractivity contribution < 1.29 is 32.6 Å². The number of allylic oxidation sites excluding steroid dienone is 6. The molecular formula is C27H27ClF3NO4. The van der Waals surface area contributed by atoms with Crippen LogP contribution >= 0.6 is 11.6 Å². The van der Waals surface area contributed by atoms with Crippen molar-refractivity contribution in [3.8, 4) is 5.75 Å². The average Bonchev–Trinajstić information content (AvgIpc) is 2.80. The molecule has 1 aromatic rings. The van der Waals surface area contributed by atoms with Gasteiger partial charge >= 0.3 is 6.36 Å². The Morgan fingerprint density at radius 2 is 1.86 bits per heavy atom. The molecule has 2 atom stereocenters. The second kappa shape index (κ2) is 10.5. The third-order valence-corrected chi connectivity index (χ3v) is 6.36. The minimum atomic E-state index is -4.79. The highest BCUT2D eigenvalue weighted by Gasteiger charge is 2.48. The Kier molecular flexibility index (Phi) is 8.00. The summed E-state index contributed by atoms with van der Waals surface area (Å²) in [5, 5.41) is 10.2. The van der Waals surface area contributed by atoms with Crippen molar-refractivity contribution in [2.75, 3.05) is 0 Å². The van der Waals surface area contributed by atoms with Crippen molar-refractivity contribution in [1.29, 1.82) is 0 Å². The van der Waals surface area contributed by atoms with E-state index in [4.69, 9.17) is 11.6 Å². The van der Waals surface area contributed by atoms with Gasteiger partial charge in [0.15, 0.2) is 5.60 Å². The van der Waals surface area contributed by atoms with Crippen LogP contribution in [0.15, 0.2) is 82.2 Å². The average molecular weight is 522 g/mol. The maximum Gasteiger partial charge on any atom is 0.573 e. The Labute approximate surface area is 212 Å². The predicted molar refractivity (Wildman–Crippen MR) is 131 cm³/mol. The van der Waals surface area contributed by atoms with E-state index in [9.17, 15) is 27.9 Å². The first-order chi connectivity index (χ1) is 16.7. The molecule has 2 aliphatic rings. The molecule has 0 saturated carbocycles. The van der Waals surface area contributed by atoms with Crippen LogP contribution in [0.1, 0.15) is 39.7 Å². The standard InChI is InChI=1S/C27H27ClF3NO4/c1-5-16(2)12-17(3)6-9-19-13-21-22(24(33)26(4,35)25(34)23(21)28)15-32(19)14-18-7-10-20(11-8-18)36-27(29,30)31/h6-13,15-16,35H,5,14H2,1-4H3/b9-6+,17-12+/t16?,26-/m1/s1. The number of carbonyl (C=O) groups excluding carboxylic acids is 2. The van der Waals surface area contributed by atoms with Gasteiger partial charge in [-0.15, -0.1) is 13.2 Å². The molecule has 9 heteroatoms. The fraction of sp³-hybridized carbons (Fsp3) is 0.333. The number of Topliss-reactive ketones (excluding diaryl/α,β-unsaturated/α-hetero) is 2. The monoisotopic (exact) mass is 521 g/mol. The van der Waals surface area contributed by atoms with Gasteiger partial charge in [0.25, 0.3) is 0 Å². The van der Waals surface area contributed by atoms with Gasteiger partial charge in [-0.25, -0.2) is 0 Å². The fourth-order valence-electron chi connectivity index (χ4n) is 3.79. The SMILES string of the molecule is CCC(C)/C=C(C)/C=C/C1=CC2=C(Cl)C(=O)[C@](C)(O)C(=O)C2=CN1Cc1ccc(OC(F)(F)F)cc1. The van der Waals surface area contributed by atoms with Gasteiger partial charge in [0.05, 0.1) is 5.03 Å². The number of fused-ring (bicyclic) bond motifs is 1. The second-order valence-electron chi connectivity index (χ2n) is 9.02. The number of rotatable bonds is 7. The molecule has 0 amide bonds. The summed E-state index contributed by atoms with van der Waals surface area (Å²) in [6, 6.07) is 5.37. The van der Waals surface area contributed by atoms with E-state index in [1.165, 1.54) is 30.5 Å². The van der Waals surface area contributed by atoms with E-state index in [0.717, 1.165) is 18.9 Å². The van der Waals surface area contributed by atoms with Gasteiger partial charge in [-0.1, -0.05) is 61.7 Å². The number of ether oxygens (including phenoxy) is 1. The molecule has 1 aliphatic heterocycles. The summed E-state index contributed by atoms with van der Waals surface area (Å²) in [6.07, 6.45) is 5.08. The van der Waals surface area contributed by atoms with Crippen molar-refractivity contribution in [2.45, 2.75) is 52.6 Å². The largest absolute Gasteiger partial charge is 0.573 e. The number of benzene rings is 1. The van der Waals surface area contributed by atoms with Crippen LogP contribution in [0, 0.1) is 5.92 Å². The Bertz CT molecular complexity index is 1200. The summed E-state index contributed by atoms with van der Waals surface area (Å²) >= 11 is 6.26. The smallest absolute Gasteiger partial charge is 0.406 e. The molecule has 3 rings (SSSR count). The quantitative estimate of drug-likeness (QED) is 0.346. The molecular weight excluding hydrogens is 495 g/mol. The summed E-state index contributed by atoms with van der Waals surface area (Å²) in [5.74, 6) is -1.62. The minimum Gasteiger partial charge on any atom is -0.406 e. The molecule has 0 saturated heterocycles. The van der Waals surface area contributed by atoms with Crippen molar-refractivity contribution in [1.82, 2.24) is 4.90 Å². The summed E-state index contributed by atoms with van der Waals surface area (Å²) < 4.78 is 41.4. The lowest BCUT2D eigenvalue weighted by atomic mass is 9.79. The van der Waals surface area contributed by atoms with Gasteiger partial charge in [-0.3, -0.25) is 9.59 Å². The number of hydrogen-bond acceptors (Lipinski definition) is 5. The highest BCUT2D eigenvalue weighted by atomic mass is 35.5. The molecule has 36 heavy (non-hydrogen) atoms. The van der Waals surface area contributed by atoms with Gasteiger partial charge < -0.3 is 14.7 Å². The Morgan fingerprint density at radius 3 is 2.44 bits per heavy atom. The van der Waals surface area contributed by atoms with Gasteiger partial charge in [0.2, 0.25) is 11.6 Å². The molecule has 5 nitrogen and oxygen atoms in total. The summed E-state index contributed by atoms with van der Waals surface area (Å²) in [5.41, 5.74) is 0.245. The molecule has 0 radical (unpaired) electrons. The second-order valence-corrected chi connectivity index (χ2v) is 9.40. The number of halogens is 4. The van der Waals surface area contributed by atoms with E-state index in [1.54, 1.807) is 11.0 Å². The van der Waals surface area contributed by atoms with Crippen molar-refractivity contribution >= 4 is 23.2 Å². The molecule has 1 aliphatic carbocycles. The molecule has 0 aromatic heterocycles. The zero-order valence-electron chi connectivity index (χ0n) is 20.3. The van der Waals surface area contributed by atoms with Gasteiger partial charge in [-0.2, -0.15) is 0 Å². The van der Waals surface area contributed by atoms with Crippen molar-refractivity contribution in [3.05, 3.63) is 87.8 Å². The van der Waals surface area contributed by atoms with E-state index in [0.29, 0.717) is 17.2 Å². The molecule has 1 unspecified atom stereocenters. The number of alkyl halides is 3. The van der Waals surface area contributed by atoms with Crippen LogP contribution in [0.3, 0.4) is 0 Å². The third-order valence-electron chi connectivity index (χ3n) is 5.98. The number of nitrogens with zero attached hydrogens (tertiary/aromatic N) is 1. The fourth-order valence-corrected chi connectivity index (χ4v) is 4.13. The Hall–Kier alpha value is -3.10. The van der Waals surface area contributed by atoms with E-state index in [-0.39, 0.29) is 28.5 Å². The summed E-state index contributed by atoms with van der Waals surface area (Å²) in [7, 11) is 0. The van der Waals surface area contributed by atoms with Crippen molar-refractivity contribution in [2.24, 2.45) is 5.92 Å². The predicted octanol–water partition coefficient (Wildman–Crippen LogP) is 6.11. The molecule has 1 N–H and O–H groups in total. The van der Waals surface area contributed by atoms with Gasteiger partial charge in [-0.05, 0) is 49.6 Å². The lowest BCUT2D eigenvalue weighted by Crippen LogP contribution is -2.48. The molecule has 0 spiro atoms. The Balaban J connectivity index is 2.00. The van der Waals surface area contributed by atoms with Crippen molar-refractivity contribution in [3.63, 3.8) is 0 Å². The van der Waals surface area contributed by atoms with E-state index in [1.807, 2.05) is 19.1 Å².